The number of benzene rings is 1. The molecule has 0 aliphatic carbocycles. The van der Waals surface area contributed by atoms with Crippen LogP contribution in [0, 0.1) is 5.82 Å². The third-order valence-electron chi connectivity index (χ3n) is 3.71. The number of hydrogen-bond donors (Lipinski definition) is 1. The average Bonchev–Trinajstić information content (AvgIpc) is 3.21. The zero-order chi connectivity index (χ0) is 16.9. The van der Waals surface area contributed by atoms with Crippen LogP contribution in [0.25, 0.3) is 0 Å². The summed E-state index contributed by atoms with van der Waals surface area (Å²) in [5.74, 6) is -0.687. The second-order valence-electron chi connectivity index (χ2n) is 5.79. The van der Waals surface area contributed by atoms with E-state index < -0.39 is 0 Å². The molecule has 1 unspecified atom stereocenters. The van der Waals surface area contributed by atoms with Crippen LogP contribution >= 0.6 is 11.3 Å². The SMILES string of the molecule is CN(Cc1nnc(C(=O)Nc2ccc(F)cc2)s1)CC1CCCO1. The lowest BCUT2D eigenvalue weighted by Crippen LogP contribution is -2.28. The number of nitrogens with one attached hydrogen (secondary N) is 1. The third-order valence-corrected chi connectivity index (χ3v) is 4.61. The number of ether oxygens (including phenoxy) is 1. The molecule has 1 amide bonds. The summed E-state index contributed by atoms with van der Waals surface area (Å²) in [5, 5.41) is 11.8. The first-order chi connectivity index (χ1) is 11.6. The molecule has 1 N–H and O–H groups in total. The van der Waals surface area contributed by atoms with Gasteiger partial charge in [-0.05, 0) is 44.2 Å². The van der Waals surface area contributed by atoms with Gasteiger partial charge in [0.1, 0.15) is 10.8 Å². The van der Waals surface area contributed by atoms with E-state index in [1.165, 1.54) is 35.6 Å². The standard InChI is InChI=1S/C16H19FN4O2S/c1-21(9-13-3-2-8-23-13)10-14-19-20-16(24-14)15(22)18-12-6-4-11(17)5-7-12/h4-7,13H,2-3,8-10H2,1H3,(H,18,22). The number of halogens is 1. The molecule has 0 saturated carbocycles. The predicted molar refractivity (Wildman–Crippen MR) is 89.6 cm³/mol. The first-order valence-electron chi connectivity index (χ1n) is 7.79. The third kappa shape index (κ3) is 4.56. The molecule has 3 rings (SSSR count). The monoisotopic (exact) mass is 350 g/mol. The highest BCUT2D eigenvalue weighted by Crippen LogP contribution is 2.17. The summed E-state index contributed by atoms with van der Waals surface area (Å²) in [5.41, 5.74) is 0.522. The Balaban J connectivity index is 1.54. The van der Waals surface area contributed by atoms with E-state index in [1.807, 2.05) is 7.05 Å². The van der Waals surface area contributed by atoms with Gasteiger partial charge in [0.2, 0.25) is 5.01 Å². The molecule has 2 aromatic rings. The lowest BCUT2D eigenvalue weighted by molar-refractivity contribution is 0.0792. The molecule has 6 nitrogen and oxygen atoms in total. The topological polar surface area (TPSA) is 67.4 Å². The van der Waals surface area contributed by atoms with Crippen molar-refractivity contribution in [3.8, 4) is 0 Å². The van der Waals surface area contributed by atoms with Crippen molar-refractivity contribution < 1.29 is 13.9 Å². The number of hydrogen-bond acceptors (Lipinski definition) is 6. The zero-order valence-electron chi connectivity index (χ0n) is 13.4. The van der Waals surface area contributed by atoms with Crippen LogP contribution in [0.2, 0.25) is 0 Å². The largest absolute Gasteiger partial charge is 0.377 e. The van der Waals surface area contributed by atoms with Crippen LogP contribution in [0.1, 0.15) is 27.7 Å². The Labute approximate surface area is 143 Å². The van der Waals surface area contributed by atoms with E-state index in [9.17, 15) is 9.18 Å². The van der Waals surface area contributed by atoms with Gasteiger partial charge in [0.05, 0.1) is 12.6 Å². The maximum Gasteiger partial charge on any atom is 0.286 e. The number of carbonyl (C=O) groups is 1. The van der Waals surface area contributed by atoms with Gasteiger partial charge in [-0.2, -0.15) is 0 Å². The molecule has 1 saturated heterocycles. The highest BCUT2D eigenvalue weighted by molar-refractivity contribution is 7.13. The molecule has 1 atom stereocenters. The fraction of sp³-hybridized carbons (Fsp3) is 0.438. The van der Waals surface area contributed by atoms with E-state index in [1.54, 1.807) is 0 Å². The molecule has 1 aliphatic heterocycles. The maximum atomic E-state index is 12.9. The lowest BCUT2D eigenvalue weighted by atomic mass is 10.2. The van der Waals surface area contributed by atoms with Crippen molar-refractivity contribution >= 4 is 22.9 Å². The first kappa shape index (κ1) is 16.9. The van der Waals surface area contributed by atoms with E-state index in [-0.39, 0.29) is 17.8 Å². The fourth-order valence-corrected chi connectivity index (χ4v) is 3.37. The number of rotatable bonds is 6. The fourth-order valence-electron chi connectivity index (χ4n) is 2.56. The van der Waals surface area contributed by atoms with Crippen molar-refractivity contribution in [1.29, 1.82) is 0 Å². The highest BCUT2D eigenvalue weighted by atomic mass is 32.1. The molecule has 128 valence electrons. The highest BCUT2D eigenvalue weighted by Gasteiger charge is 2.19. The summed E-state index contributed by atoms with van der Waals surface area (Å²) < 4.78 is 18.5. The number of likely N-dealkylation sites (N-methyl/N-ethyl adjacent to an activating group) is 1. The number of anilines is 1. The number of carbonyl (C=O) groups excluding carboxylic acids is 1. The number of nitrogens with zero attached hydrogens (tertiary/aromatic N) is 3. The predicted octanol–water partition coefficient (Wildman–Crippen LogP) is 2.54. The van der Waals surface area contributed by atoms with Gasteiger partial charge < -0.3 is 10.1 Å². The Hall–Kier alpha value is -1.90. The number of amides is 1. The Morgan fingerprint density at radius 2 is 2.21 bits per heavy atom. The van der Waals surface area contributed by atoms with Crippen molar-refractivity contribution in [2.75, 3.05) is 25.5 Å². The molecular formula is C16H19FN4O2S. The Morgan fingerprint density at radius 1 is 1.42 bits per heavy atom. The second kappa shape index (κ2) is 7.78. The van der Waals surface area contributed by atoms with Crippen LogP contribution < -0.4 is 5.32 Å². The smallest absolute Gasteiger partial charge is 0.286 e. The second-order valence-corrected chi connectivity index (χ2v) is 6.86. The summed E-state index contributed by atoms with van der Waals surface area (Å²) >= 11 is 1.26. The quantitative estimate of drug-likeness (QED) is 0.867. The van der Waals surface area contributed by atoms with Gasteiger partial charge in [0.25, 0.3) is 5.91 Å². The van der Waals surface area contributed by atoms with Crippen molar-refractivity contribution in [2.45, 2.75) is 25.5 Å². The summed E-state index contributed by atoms with van der Waals surface area (Å²) in [6, 6.07) is 5.59. The van der Waals surface area contributed by atoms with Crippen molar-refractivity contribution in [3.63, 3.8) is 0 Å². The van der Waals surface area contributed by atoms with E-state index >= 15 is 0 Å². The summed E-state index contributed by atoms with van der Waals surface area (Å²) in [6.07, 6.45) is 2.49. The summed E-state index contributed by atoms with van der Waals surface area (Å²) in [4.78, 5) is 14.3. The van der Waals surface area contributed by atoms with Gasteiger partial charge in [0.15, 0.2) is 0 Å². The van der Waals surface area contributed by atoms with Crippen LogP contribution in [-0.4, -0.2) is 47.3 Å². The van der Waals surface area contributed by atoms with Gasteiger partial charge >= 0.3 is 0 Å². The van der Waals surface area contributed by atoms with Gasteiger partial charge in [-0.25, -0.2) is 4.39 Å². The molecule has 1 aliphatic rings. The average molecular weight is 350 g/mol. The molecule has 2 heterocycles. The molecule has 1 aromatic carbocycles. The maximum absolute atomic E-state index is 12.9. The van der Waals surface area contributed by atoms with Crippen LogP contribution in [0.15, 0.2) is 24.3 Å². The van der Waals surface area contributed by atoms with Crippen molar-refractivity contribution in [2.24, 2.45) is 0 Å². The van der Waals surface area contributed by atoms with Crippen LogP contribution in [0.5, 0.6) is 0 Å². The molecule has 24 heavy (non-hydrogen) atoms. The molecule has 0 radical (unpaired) electrons. The van der Waals surface area contributed by atoms with Crippen LogP contribution in [-0.2, 0) is 11.3 Å². The molecule has 0 spiro atoms. The minimum absolute atomic E-state index is 0.282. The summed E-state index contributed by atoms with van der Waals surface area (Å²) in [6.45, 7) is 2.31. The van der Waals surface area contributed by atoms with Crippen molar-refractivity contribution in [1.82, 2.24) is 15.1 Å². The molecule has 8 heteroatoms. The first-order valence-corrected chi connectivity index (χ1v) is 8.61. The Morgan fingerprint density at radius 3 is 2.92 bits per heavy atom. The summed E-state index contributed by atoms with van der Waals surface area (Å²) in [7, 11) is 2.00. The number of aromatic nitrogens is 2. The van der Waals surface area contributed by atoms with Crippen LogP contribution in [0.4, 0.5) is 10.1 Å². The van der Waals surface area contributed by atoms with Gasteiger partial charge in [0, 0.05) is 18.8 Å². The van der Waals surface area contributed by atoms with E-state index in [0.717, 1.165) is 31.0 Å². The van der Waals surface area contributed by atoms with Crippen molar-refractivity contribution in [3.05, 3.63) is 40.1 Å². The lowest BCUT2D eigenvalue weighted by Gasteiger charge is -2.18. The van der Waals surface area contributed by atoms with E-state index in [4.69, 9.17) is 4.74 Å². The normalized spacial score (nSPS) is 17.4. The van der Waals surface area contributed by atoms with Gasteiger partial charge in [-0.15, -0.1) is 10.2 Å². The Kier molecular flexibility index (Phi) is 5.49. The molecule has 1 aromatic heterocycles. The van der Waals surface area contributed by atoms with Crippen LogP contribution in [0.3, 0.4) is 0 Å². The molecule has 1 fully saturated rings. The minimum Gasteiger partial charge on any atom is -0.377 e. The van der Waals surface area contributed by atoms with Gasteiger partial charge in [-0.1, -0.05) is 11.3 Å². The Bertz CT molecular complexity index is 686. The minimum atomic E-state index is -0.347. The van der Waals surface area contributed by atoms with E-state index in [0.29, 0.717) is 17.2 Å². The van der Waals surface area contributed by atoms with E-state index in [2.05, 4.69) is 20.4 Å². The molecular weight excluding hydrogens is 331 g/mol. The zero-order valence-corrected chi connectivity index (χ0v) is 14.2. The molecule has 0 bridgehead atoms. The van der Waals surface area contributed by atoms with Gasteiger partial charge in [-0.3, -0.25) is 9.69 Å².